The third kappa shape index (κ3) is 4.57. The quantitative estimate of drug-likeness (QED) is 0.772. The average molecular weight is 421 g/mol. The molecule has 1 aliphatic heterocycles. The number of hydrogen-bond acceptors (Lipinski definition) is 5. The molecule has 1 aromatic heterocycles. The molecular weight excluding hydrogens is 399 g/mol. The van der Waals surface area contributed by atoms with E-state index in [1.54, 1.807) is 24.1 Å². The van der Waals surface area contributed by atoms with Gasteiger partial charge in [0.25, 0.3) is 0 Å². The zero-order chi connectivity index (χ0) is 17.9. The van der Waals surface area contributed by atoms with Gasteiger partial charge in [-0.2, -0.15) is 9.40 Å². The Labute approximate surface area is 164 Å². The molecule has 0 amide bonds. The first-order valence-electron chi connectivity index (χ1n) is 8.02. The number of nitrogens with zero attached hydrogens (tertiary/aromatic N) is 3. The van der Waals surface area contributed by atoms with Crippen LogP contribution in [0.25, 0.3) is 0 Å². The van der Waals surface area contributed by atoms with Gasteiger partial charge < -0.3 is 10.1 Å². The maximum atomic E-state index is 13.1. The summed E-state index contributed by atoms with van der Waals surface area (Å²) in [7, 11) is -2.06. The van der Waals surface area contributed by atoms with Crippen LogP contribution in [0, 0.1) is 0 Å². The van der Waals surface area contributed by atoms with Crippen LogP contribution in [0.5, 0.6) is 0 Å². The highest BCUT2D eigenvalue weighted by atomic mass is 35.5. The normalized spacial score (nSPS) is 18.5. The Kier molecular flexibility index (Phi) is 7.45. The van der Waals surface area contributed by atoms with Crippen molar-refractivity contribution in [2.24, 2.45) is 0 Å². The van der Waals surface area contributed by atoms with Crippen molar-refractivity contribution in [1.82, 2.24) is 19.4 Å². The summed E-state index contributed by atoms with van der Waals surface area (Å²) in [6, 6.07) is 7.01. The third-order valence-corrected chi connectivity index (χ3v) is 6.26. The minimum absolute atomic E-state index is 0. The maximum Gasteiger partial charge on any atom is 0.246 e. The molecule has 0 radical (unpaired) electrons. The van der Waals surface area contributed by atoms with E-state index in [4.69, 9.17) is 16.3 Å². The third-order valence-electron chi connectivity index (χ3n) is 4.17. The van der Waals surface area contributed by atoms with Gasteiger partial charge >= 0.3 is 0 Å². The molecule has 3 rings (SSSR count). The number of ether oxygens (including phenoxy) is 1. The van der Waals surface area contributed by atoms with E-state index in [2.05, 4.69) is 10.4 Å². The molecule has 1 saturated heterocycles. The molecule has 1 aromatic carbocycles. The van der Waals surface area contributed by atoms with E-state index in [1.165, 1.54) is 10.5 Å². The molecule has 1 atom stereocenters. The van der Waals surface area contributed by atoms with Crippen LogP contribution >= 0.6 is 24.0 Å². The van der Waals surface area contributed by atoms with Crippen molar-refractivity contribution in [2.75, 3.05) is 33.4 Å². The Morgan fingerprint density at radius 1 is 1.42 bits per heavy atom. The molecule has 26 heavy (non-hydrogen) atoms. The lowest BCUT2D eigenvalue weighted by atomic mass is 10.1. The Bertz CT molecular complexity index is 828. The summed E-state index contributed by atoms with van der Waals surface area (Å²) in [4.78, 5) is 0.192. The second-order valence-corrected chi connectivity index (χ2v) is 8.15. The molecule has 0 saturated carbocycles. The number of aromatic nitrogens is 2. The zero-order valence-corrected chi connectivity index (χ0v) is 16.7. The maximum absolute atomic E-state index is 13.1. The highest BCUT2D eigenvalue weighted by Gasteiger charge is 2.35. The van der Waals surface area contributed by atoms with E-state index in [-0.39, 0.29) is 23.3 Å². The number of methoxy groups -OCH3 is 1. The minimum Gasteiger partial charge on any atom is -0.383 e. The van der Waals surface area contributed by atoms with Gasteiger partial charge in [-0.15, -0.1) is 12.4 Å². The first-order chi connectivity index (χ1) is 12.0. The van der Waals surface area contributed by atoms with E-state index in [0.29, 0.717) is 37.8 Å². The molecule has 2 aromatic rings. The van der Waals surface area contributed by atoms with Crippen molar-refractivity contribution in [3.05, 3.63) is 47.2 Å². The van der Waals surface area contributed by atoms with Crippen LogP contribution in [0.2, 0.25) is 5.02 Å². The molecule has 0 spiro atoms. The van der Waals surface area contributed by atoms with Crippen LogP contribution in [0.4, 0.5) is 0 Å². The average Bonchev–Trinajstić information content (AvgIpc) is 3.10. The summed E-state index contributed by atoms with van der Waals surface area (Å²) >= 11 is 6.08. The Hall–Kier alpha value is -1.16. The molecule has 7 nitrogen and oxygen atoms in total. The monoisotopic (exact) mass is 420 g/mol. The van der Waals surface area contributed by atoms with Crippen LogP contribution in [0.15, 0.2) is 41.6 Å². The molecule has 2 heterocycles. The summed E-state index contributed by atoms with van der Waals surface area (Å²) in [5.74, 6) is 0. The second-order valence-electron chi connectivity index (χ2n) is 5.82. The summed E-state index contributed by atoms with van der Waals surface area (Å²) in [6.45, 7) is 2.51. The predicted octanol–water partition coefficient (Wildman–Crippen LogP) is 1.94. The predicted molar refractivity (Wildman–Crippen MR) is 102 cm³/mol. The summed E-state index contributed by atoms with van der Waals surface area (Å²) in [6.07, 6.45) is 2.94. The van der Waals surface area contributed by atoms with Crippen LogP contribution in [0.1, 0.15) is 11.6 Å². The molecule has 0 bridgehead atoms. The fourth-order valence-electron chi connectivity index (χ4n) is 2.89. The first kappa shape index (κ1) is 21.1. The van der Waals surface area contributed by atoms with E-state index >= 15 is 0 Å². The molecule has 1 unspecified atom stereocenters. The van der Waals surface area contributed by atoms with Gasteiger partial charge in [0.05, 0.1) is 25.4 Å². The molecular formula is C16H22Cl2N4O3S. The fourth-order valence-corrected chi connectivity index (χ4v) is 4.66. The van der Waals surface area contributed by atoms with Crippen LogP contribution in [-0.4, -0.2) is 55.9 Å². The lowest BCUT2D eigenvalue weighted by molar-refractivity contribution is 0.183. The Morgan fingerprint density at radius 2 is 2.23 bits per heavy atom. The smallest absolute Gasteiger partial charge is 0.246 e. The lowest BCUT2D eigenvalue weighted by Gasteiger charge is -2.35. The molecule has 144 valence electrons. The molecule has 1 N–H and O–H groups in total. The van der Waals surface area contributed by atoms with E-state index in [1.807, 2.05) is 18.2 Å². The van der Waals surface area contributed by atoms with Crippen LogP contribution in [0.3, 0.4) is 0 Å². The molecule has 1 aliphatic rings. The SMILES string of the molecule is COCCn1cc(S(=O)(=O)N2CCNCC2c2cccc(Cl)c2)cn1.Cl. The van der Waals surface area contributed by atoms with Crippen molar-refractivity contribution >= 4 is 34.0 Å². The van der Waals surface area contributed by atoms with Crippen molar-refractivity contribution in [1.29, 1.82) is 0 Å². The Balaban J connectivity index is 0.00000243. The van der Waals surface area contributed by atoms with Crippen LogP contribution < -0.4 is 5.32 Å². The van der Waals surface area contributed by atoms with E-state index < -0.39 is 10.0 Å². The van der Waals surface area contributed by atoms with E-state index in [9.17, 15) is 8.42 Å². The van der Waals surface area contributed by atoms with Crippen molar-refractivity contribution in [2.45, 2.75) is 17.5 Å². The van der Waals surface area contributed by atoms with Gasteiger partial charge in [-0.05, 0) is 17.7 Å². The Morgan fingerprint density at radius 3 is 2.96 bits per heavy atom. The number of rotatable bonds is 6. The van der Waals surface area contributed by atoms with Gasteiger partial charge in [-0.3, -0.25) is 4.68 Å². The topological polar surface area (TPSA) is 76.5 Å². The first-order valence-corrected chi connectivity index (χ1v) is 9.83. The van der Waals surface area contributed by atoms with Crippen LogP contribution in [-0.2, 0) is 21.3 Å². The standard InChI is InChI=1S/C16H21ClN4O3S.ClH/c1-24-8-7-20-12-15(10-19-20)25(22,23)21-6-5-18-11-16(21)13-3-2-4-14(17)9-13;/h2-4,9-10,12,16,18H,5-8,11H2,1H3;1H. The number of hydrogen-bond donors (Lipinski definition) is 1. The number of halogens is 2. The number of benzene rings is 1. The van der Waals surface area contributed by atoms with Crippen molar-refractivity contribution in [3.8, 4) is 0 Å². The summed E-state index contributed by atoms with van der Waals surface area (Å²) < 4.78 is 34.3. The van der Waals surface area contributed by atoms with Gasteiger partial charge in [0.1, 0.15) is 4.90 Å². The van der Waals surface area contributed by atoms with Crippen molar-refractivity contribution < 1.29 is 13.2 Å². The highest BCUT2D eigenvalue weighted by Crippen LogP contribution is 2.29. The summed E-state index contributed by atoms with van der Waals surface area (Å²) in [5.41, 5.74) is 0.870. The number of piperazine rings is 1. The van der Waals surface area contributed by atoms with Gasteiger partial charge in [-0.1, -0.05) is 23.7 Å². The molecule has 1 fully saturated rings. The van der Waals surface area contributed by atoms with Gasteiger partial charge in [0, 0.05) is 38.0 Å². The minimum atomic E-state index is -3.65. The van der Waals surface area contributed by atoms with Gasteiger partial charge in [0.15, 0.2) is 0 Å². The highest BCUT2D eigenvalue weighted by molar-refractivity contribution is 7.89. The molecule has 0 aliphatic carbocycles. The zero-order valence-electron chi connectivity index (χ0n) is 14.3. The summed E-state index contributed by atoms with van der Waals surface area (Å²) in [5, 5.41) is 7.96. The van der Waals surface area contributed by atoms with E-state index in [0.717, 1.165) is 5.56 Å². The largest absolute Gasteiger partial charge is 0.383 e. The second kappa shape index (κ2) is 9.16. The lowest BCUT2D eigenvalue weighted by Crippen LogP contribution is -2.48. The number of sulfonamides is 1. The number of nitrogens with one attached hydrogen (secondary N) is 1. The molecule has 10 heteroatoms. The van der Waals surface area contributed by atoms with Gasteiger partial charge in [-0.25, -0.2) is 8.42 Å². The van der Waals surface area contributed by atoms with Gasteiger partial charge in [0.2, 0.25) is 10.0 Å². The fraction of sp³-hybridized carbons (Fsp3) is 0.438. The van der Waals surface area contributed by atoms with Crippen molar-refractivity contribution in [3.63, 3.8) is 0 Å².